The zero-order valence-corrected chi connectivity index (χ0v) is 11.9. The van der Waals surface area contributed by atoms with Crippen molar-refractivity contribution in [1.29, 1.82) is 0 Å². The number of rotatable bonds is 6. The molecular weight excluding hydrogens is 293 g/mol. The van der Waals surface area contributed by atoms with Gasteiger partial charge in [0.25, 0.3) is 0 Å². The summed E-state index contributed by atoms with van der Waals surface area (Å²) < 4.78 is 38.6. The second-order valence-corrected chi connectivity index (χ2v) is 4.91. The van der Waals surface area contributed by atoms with Crippen LogP contribution in [-0.4, -0.2) is 18.3 Å². The number of aliphatic hydroxyl groups excluding tert-OH is 1. The first-order valence-corrected chi connectivity index (χ1v) is 6.69. The molecule has 0 spiro atoms. The number of nitrogens with one attached hydrogen (secondary N) is 1. The second-order valence-electron chi connectivity index (χ2n) is 4.50. The fraction of sp³-hybridized carbons (Fsp3) is 0.538. The SMILES string of the molecule is CCCCNC(CO)c1cc(Cl)c(N)c(C(F)(F)F)c1. The Morgan fingerprint density at radius 2 is 2.05 bits per heavy atom. The van der Waals surface area contributed by atoms with Gasteiger partial charge in [0.1, 0.15) is 0 Å². The Balaban J connectivity index is 3.08. The maximum absolute atomic E-state index is 12.9. The van der Waals surface area contributed by atoms with E-state index in [4.69, 9.17) is 17.3 Å². The summed E-state index contributed by atoms with van der Waals surface area (Å²) in [6.45, 7) is 2.28. The van der Waals surface area contributed by atoms with Gasteiger partial charge in [-0.05, 0) is 30.7 Å². The summed E-state index contributed by atoms with van der Waals surface area (Å²) in [5, 5.41) is 12.1. The third kappa shape index (κ3) is 4.26. The van der Waals surface area contributed by atoms with Crippen LogP contribution in [0, 0.1) is 0 Å². The lowest BCUT2D eigenvalue weighted by Gasteiger charge is -2.20. The van der Waals surface area contributed by atoms with E-state index in [1.165, 1.54) is 6.07 Å². The van der Waals surface area contributed by atoms with Gasteiger partial charge in [0.2, 0.25) is 0 Å². The van der Waals surface area contributed by atoms with Gasteiger partial charge >= 0.3 is 6.18 Å². The van der Waals surface area contributed by atoms with Crippen LogP contribution < -0.4 is 11.1 Å². The molecule has 1 unspecified atom stereocenters. The van der Waals surface area contributed by atoms with Gasteiger partial charge in [0.15, 0.2) is 0 Å². The predicted octanol–water partition coefficient (Wildman–Crippen LogP) is 3.36. The summed E-state index contributed by atoms with van der Waals surface area (Å²) in [5.74, 6) is 0. The van der Waals surface area contributed by atoms with E-state index >= 15 is 0 Å². The van der Waals surface area contributed by atoms with Gasteiger partial charge in [-0.2, -0.15) is 13.2 Å². The molecule has 0 fully saturated rings. The number of halogens is 4. The van der Waals surface area contributed by atoms with Crippen LogP contribution in [0.5, 0.6) is 0 Å². The highest BCUT2D eigenvalue weighted by Crippen LogP contribution is 2.38. The van der Waals surface area contributed by atoms with Crippen LogP contribution in [0.25, 0.3) is 0 Å². The lowest BCUT2D eigenvalue weighted by Crippen LogP contribution is -2.26. The number of nitrogens with two attached hydrogens (primary N) is 1. The Labute approximate surface area is 120 Å². The molecule has 7 heteroatoms. The first kappa shape index (κ1) is 17.1. The van der Waals surface area contributed by atoms with Crippen molar-refractivity contribution in [2.24, 2.45) is 0 Å². The van der Waals surface area contributed by atoms with E-state index in [2.05, 4.69) is 5.32 Å². The van der Waals surface area contributed by atoms with Crippen molar-refractivity contribution in [3.05, 3.63) is 28.3 Å². The molecule has 0 heterocycles. The monoisotopic (exact) mass is 310 g/mol. The van der Waals surface area contributed by atoms with Gasteiger partial charge in [0, 0.05) is 0 Å². The summed E-state index contributed by atoms with van der Waals surface area (Å²) in [5.41, 5.74) is 4.17. The Bertz CT molecular complexity index is 452. The molecule has 1 aromatic rings. The fourth-order valence-corrected chi connectivity index (χ4v) is 2.04. The largest absolute Gasteiger partial charge is 0.418 e. The fourth-order valence-electron chi connectivity index (χ4n) is 1.82. The minimum absolute atomic E-state index is 0.162. The average molecular weight is 311 g/mol. The van der Waals surface area contributed by atoms with E-state index < -0.39 is 23.5 Å². The Morgan fingerprint density at radius 3 is 2.55 bits per heavy atom. The Hall–Kier alpha value is -0.980. The van der Waals surface area contributed by atoms with Crippen LogP contribution in [0.15, 0.2) is 12.1 Å². The molecule has 1 aromatic carbocycles. The lowest BCUT2D eigenvalue weighted by atomic mass is 10.0. The average Bonchev–Trinajstić information content (AvgIpc) is 2.36. The molecule has 0 aliphatic heterocycles. The number of benzene rings is 1. The highest BCUT2D eigenvalue weighted by Gasteiger charge is 2.34. The number of hydrogen-bond acceptors (Lipinski definition) is 3. The van der Waals surface area contributed by atoms with Crippen molar-refractivity contribution >= 4 is 17.3 Å². The van der Waals surface area contributed by atoms with E-state index in [1.807, 2.05) is 6.92 Å². The third-order valence-electron chi connectivity index (χ3n) is 2.96. The predicted molar refractivity (Wildman–Crippen MR) is 73.6 cm³/mol. The molecule has 3 nitrogen and oxygen atoms in total. The highest BCUT2D eigenvalue weighted by atomic mass is 35.5. The van der Waals surface area contributed by atoms with Gasteiger partial charge in [0.05, 0.1) is 28.9 Å². The van der Waals surface area contributed by atoms with E-state index in [9.17, 15) is 18.3 Å². The normalized spacial score (nSPS) is 13.5. The molecule has 114 valence electrons. The molecule has 20 heavy (non-hydrogen) atoms. The zero-order valence-electron chi connectivity index (χ0n) is 11.1. The topological polar surface area (TPSA) is 58.3 Å². The molecule has 0 saturated carbocycles. The van der Waals surface area contributed by atoms with Crippen molar-refractivity contribution < 1.29 is 18.3 Å². The maximum atomic E-state index is 12.9. The molecule has 0 aliphatic carbocycles. The maximum Gasteiger partial charge on any atom is 0.418 e. The van der Waals surface area contributed by atoms with Crippen molar-refractivity contribution in [2.45, 2.75) is 32.0 Å². The summed E-state index contributed by atoms with van der Waals surface area (Å²) >= 11 is 5.75. The summed E-state index contributed by atoms with van der Waals surface area (Å²) in [6.07, 6.45) is -2.76. The molecule has 0 aromatic heterocycles. The van der Waals surface area contributed by atoms with Crippen LogP contribution >= 0.6 is 11.6 Å². The quantitative estimate of drug-likeness (QED) is 0.558. The minimum Gasteiger partial charge on any atom is -0.397 e. The smallest absolute Gasteiger partial charge is 0.397 e. The van der Waals surface area contributed by atoms with Crippen LogP contribution in [0.1, 0.15) is 36.9 Å². The van der Waals surface area contributed by atoms with Crippen LogP contribution in [0.2, 0.25) is 5.02 Å². The summed E-state index contributed by atoms with van der Waals surface area (Å²) in [7, 11) is 0. The molecular formula is C13H18ClF3N2O. The molecule has 4 N–H and O–H groups in total. The van der Waals surface area contributed by atoms with Crippen molar-refractivity contribution in [3.63, 3.8) is 0 Å². The highest BCUT2D eigenvalue weighted by molar-refractivity contribution is 6.33. The van der Waals surface area contributed by atoms with Gasteiger partial charge in [-0.15, -0.1) is 0 Å². The summed E-state index contributed by atoms with van der Waals surface area (Å²) in [4.78, 5) is 0. The molecule has 0 bridgehead atoms. The number of nitrogen functional groups attached to an aromatic ring is 1. The van der Waals surface area contributed by atoms with Gasteiger partial charge in [-0.25, -0.2) is 0 Å². The number of anilines is 1. The molecule has 0 amide bonds. The molecule has 1 rings (SSSR count). The number of alkyl halides is 3. The number of hydrogen-bond donors (Lipinski definition) is 3. The third-order valence-corrected chi connectivity index (χ3v) is 3.28. The summed E-state index contributed by atoms with van der Waals surface area (Å²) in [6, 6.07) is 1.69. The Morgan fingerprint density at radius 1 is 1.40 bits per heavy atom. The van der Waals surface area contributed by atoms with E-state index in [0.29, 0.717) is 6.54 Å². The van der Waals surface area contributed by atoms with Crippen molar-refractivity contribution in [3.8, 4) is 0 Å². The Kier molecular flexibility index (Phi) is 6.10. The number of unbranched alkanes of at least 4 members (excludes halogenated alkanes) is 1. The van der Waals surface area contributed by atoms with E-state index in [-0.39, 0.29) is 17.2 Å². The van der Waals surface area contributed by atoms with Gasteiger partial charge < -0.3 is 16.2 Å². The van der Waals surface area contributed by atoms with E-state index in [0.717, 1.165) is 18.9 Å². The lowest BCUT2D eigenvalue weighted by molar-refractivity contribution is -0.137. The van der Waals surface area contributed by atoms with Gasteiger partial charge in [-0.3, -0.25) is 0 Å². The number of aliphatic hydroxyl groups is 1. The van der Waals surface area contributed by atoms with Crippen molar-refractivity contribution in [2.75, 3.05) is 18.9 Å². The zero-order chi connectivity index (χ0) is 15.3. The molecule has 0 radical (unpaired) electrons. The van der Waals surface area contributed by atoms with E-state index in [1.54, 1.807) is 0 Å². The van der Waals surface area contributed by atoms with Crippen LogP contribution in [0.3, 0.4) is 0 Å². The van der Waals surface area contributed by atoms with Crippen LogP contribution in [0.4, 0.5) is 18.9 Å². The minimum atomic E-state index is -4.58. The second kappa shape index (κ2) is 7.15. The van der Waals surface area contributed by atoms with Crippen LogP contribution in [-0.2, 0) is 6.18 Å². The first-order chi connectivity index (χ1) is 9.31. The standard InChI is InChI=1S/C13H18ClF3N2O/c1-2-3-4-19-11(7-20)8-5-9(13(15,16)17)12(18)10(14)6-8/h5-6,11,19-20H,2-4,7,18H2,1H3. The first-order valence-electron chi connectivity index (χ1n) is 6.31. The molecule has 0 aliphatic rings. The molecule has 0 saturated heterocycles. The van der Waals surface area contributed by atoms with Crippen molar-refractivity contribution in [1.82, 2.24) is 5.32 Å². The molecule has 1 atom stereocenters. The van der Waals surface area contributed by atoms with Gasteiger partial charge in [-0.1, -0.05) is 24.9 Å².